The molecule has 0 fully saturated rings. The zero-order valence-electron chi connectivity index (χ0n) is 19.3. The minimum Gasteiger partial charge on any atom is -0.325 e. The largest absolute Gasteiger partial charge is 0.325 e. The third-order valence-corrected chi connectivity index (χ3v) is 7.65. The summed E-state index contributed by atoms with van der Waals surface area (Å²) in [6, 6.07) is 27.4. The summed E-state index contributed by atoms with van der Waals surface area (Å²) in [5.41, 5.74) is 4.46. The summed E-state index contributed by atoms with van der Waals surface area (Å²) in [7, 11) is 1.99. The van der Waals surface area contributed by atoms with Crippen molar-refractivity contribution in [2.75, 3.05) is 0 Å². The molecule has 0 aliphatic heterocycles. The molecular formula is C30H19N3O2S. The summed E-state index contributed by atoms with van der Waals surface area (Å²) in [4.78, 5) is 32.9. The van der Waals surface area contributed by atoms with E-state index in [4.69, 9.17) is 4.98 Å². The van der Waals surface area contributed by atoms with Crippen LogP contribution in [0.5, 0.6) is 0 Å². The fourth-order valence-electron chi connectivity index (χ4n) is 5.02. The van der Waals surface area contributed by atoms with Crippen LogP contribution in [0.2, 0.25) is 0 Å². The topological polar surface area (TPSA) is 56.9 Å². The highest BCUT2D eigenvalue weighted by Crippen LogP contribution is 2.35. The summed E-state index contributed by atoms with van der Waals surface area (Å²) in [5, 5.41) is 3.93. The van der Waals surface area contributed by atoms with Crippen LogP contribution in [0.15, 0.2) is 95.9 Å². The zero-order chi connectivity index (χ0) is 24.4. The van der Waals surface area contributed by atoms with Gasteiger partial charge in [-0.2, -0.15) is 0 Å². The fraction of sp³-hybridized carbons (Fsp3) is 0.0333. The van der Waals surface area contributed by atoms with Crippen molar-refractivity contribution in [2.24, 2.45) is 7.05 Å². The van der Waals surface area contributed by atoms with Crippen LogP contribution in [0.3, 0.4) is 0 Å². The van der Waals surface area contributed by atoms with Gasteiger partial charge >= 0.3 is 0 Å². The highest BCUT2D eigenvalue weighted by Gasteiger charge is 2.34. The Labute approximate surface area is 210 Å². The minimum absolute atomic E-state index is 0.179. The zero-order valence-corrected chi connectivity index (χ0v) is 20.1. The van der Waals surface area contributed by atoms with E-state index in [9.17, 15) is 9.59 Å². The summed E-state index contributed by atoms with van der Waals surface area (Å²) in [5.74, 6) is 0.404. The van der Waals surface area contributed by atoms with Crippen LogP contribution in [0, 0.1) is 0 Å². The number of aryl methyl sites for hydroxylation is 1. The number of imidazole rings is 1. The predicted molar refractivity (Wildman–Crippen MR) is 144 cm³/mol. The lowest BCUT2D eigenvalue weighted by Gasteiger charge is -2.07. The molecule has 3 heterocycles. The number of carbonyl (C=O) groups is 2. The number of benzene rings is 3. The Morgan fingerprint density at radius 2 is 1.47 bits per heavy atom. The second-order valence-electron chi connectivity index (χ2n) is 8.88. The van der Waals surface area contributed by atoms with E-state index >= 15 is 0 Å². The normalized spacial score (nSPS) is 13.2. The van der Waals surface area contributed by atoms with Crippen LogP contribution in [-0.2, 0) is 7.05 Å². The van der Waals surface area contributed by atoms with Crippen LogP contribution in [-0.4, -0.2) is 25.7 Å². The molecule has 1 aliphatic rings. The van der Waals surface area contributed by atoms with E-state index in [1.165, 1.54) is 0 Å². The van der Waals surface area contributed by atoms with E-state index in [-0.39, 0.29) is 17.1 Å². The molecule has 6 aromatic rings. The molecule has 7 rings (SSSR count). The lowest BCUT2D eigenvalue weighted by Crippen LogP contribution is -2.03. The Morgan fingerprint density at radius 1 is 0.806 bits per heavy atom. The van der Waals surface area contributed by atoms with E-state index < -0.39 is 0 Å². The number of thiophene rings is 1. The quantitative estimate of drug-likeness (QED) is 0.207. The smallest absolute Gasteiger partial charge is 0.197 e. The third kappa shape index (κ3) is 2.98. The van der Waals surface area contributed by atoms with Gasteiger partial charge in [-0.15, -0.1) is 11.3 Å². The Kier molecular flexibility index (Phi) is 4.46. The second kappa shape index (κ2) is 7.73. The molecule has 0 unspecified atom stereocenters. The Morgan fingerprint density at radius 3 is 2.11 bits per heavy atom. The lowest BCUT2D eigenvalue weighted by atomic mass is 10.0. The molecule has 0 saturated carbocycles. The molecular weight excluding hydrogens is 466 g/mol. The molecule has 0 saturated heterocycles. The third-order valence-electron chi connectivity index (χ3n) is 6.79. The molecule has 36 heavy (non-hydrogen) atoms. The van der Waals surface area contributed by atoms with Crippen molar-refractivity contribution in [3.8, 4) is 16.4 Å². The first kappa shape index (κ1) is 20.8. The van der Waals surface area contributed by atoms with Crippen molar-refractivity contribution in [2.45, 2.75) is 0 Å². The van der Waals surface area contributed by atoms with Gasteiger partial charge < -0.3 is 4.57 Å². The standard InChI is InChI=1S/C30H19N3O2S/c1-32-25-17-21(16-24-27(34)22-14-18-8-5-6-9-19(18)15-23(22)28(24)35)33(20-10-3-2-4-11-20)29(25)31-30(32)26-12-7-13-36-26/h2-17H,1H3. The summed E-state index contributed by atoms with van der Waals surface area (Å²) in [6.45, 7) is 0. The molecule has 0 spiro atoms. The predicted octanol–water partition coefficient (Wildman–Crippen LogP) is 6.71. The molecule has 1 aliphatic carbocycles. The van der Waals surface area contributed by atoms with Crippen molar-refractivity contribution < 1.29 is 9.59 Å². The molecule has 0 N–H and O–H groups in total. The van der Waals surface area contributed by atoms with Gasteiger partial charge in [0.25, 0.3) is 0 Å². The fourth-order valence-corrected chi connectivity index (χ4v) is 5.77. The number of hydrogen-bond donors (Lipinski definition) is 0. The molecule has 0 amide bonds. The Hall–Kier alpha value is -4.55. The van der Waals surface area contributed by atoms with Gasteiger partial charge in [-0.1, -0.05) is 48.5 Å². The van der Waals surface area contributed by atoms with Crippen molar-refractivity contribution in [1.29, 1.82) is 0 Å². The van der Waals surface area contributed by atoms with Crippen molar-refractivity contribution in [3.63, 3.8) is 0 Å². The number of Topliss-reactive ketones (excluding diaryl/α,β-unsaturated/α-hetero) is 2. The highest BCUT2D eigenvalue weighted by molar-refractivity contribution is 7.13. The Balaban J connectivity index is 1.44. The molecule has 3 aromatic carbocycles. The van der Waals surface area contributed by atoms with Gasteiger partial charge in [0, 0.05) is 23.9 Å². The van der Waals surface area contributed by atoms with E-state index in [2.05, 4.69) is 10.6 Å². The maximum atomic E-state index is 13.4. The number of ketones is 2. The van der Waals surface area contributed by atoms with E-state index in [0.29, 0.717) is 11.1 Å². The first-order valence-corrected chi connectivity index (χ1v) is 12.5. The molecule has 0 bridgehead atoms. The van der Waals surface area contributed by atoms with E-state index in [1.54, 1.807) is 17.4 Å². The van der Waals surface area contributed by atoms with Crippen molar-refractivity contribution >= 4 is 50.9 Å². The number of fused-ring (bicyclic) bond motifs is 3. The van der Waals surface area contributed by atoms with Crippen molar-refractivity contribution in [1.82, 2.24) is 14.1 Å². The maximum Gasteiger partial charge on any atom is 0.197 e. The van der Waals surface area contributed by atoms with Crippen LogP contribution < -0.4 is 0 Å². The number of allylic oxidation sites excluding steroid dienone is 1. The van der Waals surface area contributed by atoms with Crippen molar-refractivity contribution in [3.05, 3.63) is 113 Å². The number of para-hydroxylation sites is 1. The minimum atomic E-state index is -0.238. The summed E-state index contributed by atoms with van der Waals surface area (Å²) in [6.07, 6.45) is 1.72. The van der Waals surface area contributed by atoms with E-state index in [1.807, 2.05) is 95.9 Å². The Bertz CT molecular complexity index is 1820. The number of rotatable bonds is 3. The number of hydrogen-bond acceptors (Lipinski definition) is 4. The van der Waals surface area contributed by atoms with Gasteiger partial charge in [0.15, 0.2) is 23.0 Å². The van der Waals surface area contributed by atoms with Gasteiger partial charge in [0.1, 0.15) is 0 Å². The van der Waals surface area contributed by atoms with Gasteiger partial charge in [0.2, 0.25) is 0 Å². The van der Waals surface area contributed by atoms with Gasteiger partial charge in [0.05, 0.1) is 21.7 Å². The lowest BCUT2D eigenvalue weighted by molar-refractivity contribution is 0.0990. The second-order valence-corrected chi connectivity index (χ2v) is 9.83. The average Bonchev–Trinajstić information content (AvgIpc) is 3.66. The number of carbonyl (C=O) groups excluding carboxylic acids is 2. The van der Waals surface area contributed by atoms with Gasteiger partial charge in [-0.3, -0.25) is 14.2 Å². The van der Waals surface area contributed by atoms with Crippen LogP contribution in [0.1, 0.15) is 26.4 Å². The maximum absolute atomic E-state index is 13.4. The van der Waals surface area contributed by atoms with Crippen LogP contribution in [0.4, 0.5) is 0 Å². The molecule has 0 radical (unpaired) electrons. The van der Waals surface area contributed by atoms with Gasteiger partial charge in [-0.25, -0.2) is 4.98 Å². The van der Waals surface area contributed by atoms with E-state index in [0.717, 1.165) is 44.0 Å². The molecule has 0 atom stereocenters. The van der Waals surface area contributed by atoms with Crippen LogP contribution in [0.25, 0.3) is 44.4 Å². The summed E-state index contributed by atoms with van der Waals surface area (Å²) < 4.78 is 4.07. The molecule has 3 aromatic heterocycles. The molecule has 172 valence electrons. The number of aromatic nitrogens is 3. The SMILES string of the molecule is Cn1c(-c2cccs2)nc2c1cc(C=C1C(=O)c3cc4ccccc4cc3C1=O)n2-c1ccccc1. The summed E-state index contributed by atoms with van der Waals surface area (Å²) >= 11 is 1.64. The molecule has 6 heteroatoms. The highest BCUT2D eigenvalue weighted by atomic mass is 32.1. The monoisotopic (exact) mass is 485 g/mol. The first-order valence-electron chi connectivity index (χ1n) is 11.6. The number of nitrogens with zero attached hydrogens (tertiary/aromatic N) is 3. The van der Waals surface area contributed by atoms with Gasteiger partial charge in [-0.05, 0) is 58.6 Å². The first-order chi connectivity index (χ1) is 17.6. The molecule has 5 nitrogen and oxygen atoms in total. The average molecular weight is 486 g/mol. The van der Waals surface area contributed by atoms with Crippen LogP contribution >= 0.6 is 11.3 Å².